The van der Waals surface area contributed by atoms with Gasteiger partial charge in [-0.05, 0) is 54.9 Å². The summed E-state index contributed by atoms with van der Waals surface area (Å²) in [7, 11) is -4.22. The van der Waals surface area contributed by atoms with Crippen molar-refractivity contribution in [3.05, 3.63) is 58.9 Å². The summed E-state index contributed by atoms with van der Waals surface area (Å²) in [5.74, 6) is -1.75. The predicted molar refractivity (Wildman–Crippen MR) is 133 cm³/mol. The summed E-state index contributed by atoms with van der Waals surface area (Å²) in [6.07, 6.45) is 4.11. The number of halogens is 1. The number of rotatable bonds is 9. The maximum atomic E-state index is 14.0. The van der Waals surface area contributed by atoms with Crippen molar-refractivity contribution in [3.63, 3.8) is 0 Å². The number of hydrogen-bond donors (Lipinski definition) is 3. The molecular weight excluding hydrogens is 473 g/mol. The smallest absolute Gasteiger partial charge is 0.339 e. The van der Waals surface area contributed by atoms with Crippen LogP contribution in [0, 0.1) is 5.82 Å². The fourth-order valence-electron chi connectivity index (χ4n) is 4.74. The molecule has 2 aromatic carbocycles. The van der Waals surface area contributed by atoms with Crippen molar-refractivity contribution >= 4 is 33.4 Å². The molecule has 1 fully saturated rings. The number of fused-ring (bicyclic) bond motifs is 3. The number of aromatic carboxylic acids is 1. The van der Waals surface area contributed by atoms with Crippen LogP contribution in [0.5, 0.6) is 0 Å². The van der Waals surface area contributed by atoms with Crippen LogP contribution in [-0.4, -0.2) is 63.3 Å². The number of likely N-dealkylation sites (N-methyl/N-ethyl adjacent to an activating group) is 1. The van der Waals surface area contributed by atoms with Crippen LogP contribution in [0.25, 0.3) is 6.08 Å². The molecule has 1 saturated heterocycles. The number of carbonyl (C=O) groups is 1. The first-order chi connectivity index (χ1) is 16.7. The Bertz CT molecular complexity index is 1240. The Morgan fingerprint density at radius 1 is 1.29 bits per heavy atom. The minimum absolute atomic E-state index is 0.0309. The fraction of sp³-hybridized carbons (Fsp3) is 0.400. The first-order valence-corrected chi connectivity index (χ1v) is 13.2. The number of sulfonamides is 1. The second kappa shape index (κ2) is 10.3. The molecule has 0 aromatic heterocycles. The van der Waals surface area contributed by atoms with Gasteiger partial charge in [0.1, 0.15) is 11.4 Å². The summed E-state index contributed by atoms with van der Waals surface area (Å²) < 4.78 is 48.8. The SMILES string of the molecule is CCN(CC)CC=Cc1cc(F)ccc1S(=O)(=O)Nc1ccc2c(c1C(=O)O)NCC1OCCC21. The Labute approximate surface area is 204 Å². The van der Waals surface area contributed by atoms with Crippen LogP contribution >= 0.6 is 0 Å². The van der Waals surface area contributed by atoms with Gasteiger partial charge in [-0.1, -0.05) is 32.1 Å². The number of ether oxygens (including phenoxy) is 1. The number of anilines is 2. The Morgan fingerprint density at radius 3 is 2.77 bits per heavy atom. The van der Waals surface area contributed by atoms with Crippen molar-refractivity contribution in [2.45, 2.75) is 37.2 Å². The Hall–Kier alpha value is -2.95. The van der Waals surface area contributed by atoms with Gasteiger partial charge in [0.25, 0.3) is 10.0 Å². The highest BCUT2D eigenvalue weighted by Gasteiger charge is 2.37. The van der Waals surface area contributed by atoms with Crippen LogP contribution in [0.3, 0.4) is 0 Å². The molecule has 0 radical (unpaired) electrons. The Morgan fingerprint density at radius 2 is 2.06 bits per heavy atom. The molecule has 10 heteroatoms. The first kappa shape index (κ1) is 25.2. The number of carboxylic acid groups (broad SMARTS) is 1. The van der Waals surface area contributed by atoms with Crippen LogP contribution in [-0.2, 0) is 14.8 Å². The molecule has 2 aromatic rings. The normalized spacial score (nSPS) is 19.4. The van der Waals surface area contributed by atoms with Crippen molar-refractivity contribution in [1.82, 2.24) is 4.90 Å². The van der Waals surface area contributed by atoms with Crippen molar-refractivity contribution < 1.29 is 27.4 Å². The zero-order chi connectivity index (χ0) is 25.2. The largest absolute Gasteiger partial charge is 0.478 e. The maximum absolute atomic E-state index is 14.0. The highest BCUT2D eigenvalue weighted by atomic mass is 32.2. The quantitative estimate of drug-likeness (QED) is 0.475. The fourth-order valence-corrected chi connectivity index (χ4v) is 5.99. The molecular formula is C25H30FN3O5S. The summed E-state index contributed by atoms with van der Waals surface area (Å²) in [5.41, 5.74) is 1.20. The van der Waals surface area contributed by atoms with Gasteiger partial charge in [-0.2, -0.15) is 0 Å². The third kappa shape index (κ3) is 5.19. The van der Waals surface area contributed by atoms with Gasteiger partial charge in [-0.15, -0.1) is 0 Å². The van der Waals surface area contributed by atoms with Crippen molar-refractivity contribution in [3.8, 4) is 0 Å². The van der Waals surface area contributed by atoms with E-state index in [-0.39, 0.29) is 33.7 Å². The van der Waals surface area contributed by atoms with Gasteiger partial charge < -0.3 is 20.1 Å². The molecule has 2 aliphatic heterocycles. The Kier molecular flexibility index (Phi) is 7.44. The molecule has 0 bridgehead atoms. The number of nitrogens with one attached hydrogen (secondary N) is 2. The van der Waals surface area contributed by atoms with E-state index in [4.69, 9.17) is 4.74 Å². The molecule has 2 unspecified atom stereocenters. The minimum Gasteiger partial charge on any atom is -0.478 e. The standard InChI is InChI=1S/C25H30FN3O5S/c1-3-29(4-2)12-5-6-16-14-17(26)7-10-22(16)35(32,33)28-20-9-8-19-18-11-13-34-21(18)15-27-24(19)23(20)25(30)31/h5-10,14,18,21,27-28H,3-4,11-13,15H2,1-2H3,(H,30,31). The second-order valence-corrected chi connectivity index (χ2v) is 10.3. The first-order valence-electron chi connectivity index (χ1n) is 11.7. The number of nitrogens with zero attached hydrogens (tertiary/aromatic N) is 1. The van der Waals surface area contributed by atoms with Crippen molar-refractivity contribution in [1.29, 1.82) is 0 Å². The van der Waals surface area contributed by atoms with E-state index in [1.807, 2.05) is 13.8 Å². The van der Waals surface area contributed by atoms with Gasteiger partial charge in [0.2, 0.25) is 0 Å². The lowest BCUT2D eigenvalue weighted by atomic mass is 9.86. The van der Waals surface area contributed by atoms with Crippen LogP contribution < -0.4 is 10.0 Å². The predicted octanol–water partition coefficient (Wildman–Crippen LogP) is 3.98. The average Bonchev–Trinajstić information content (AvgIpc) is 3.30. The molecule has 4 rings (SSSR count). The molecule has 2 heterocycles. The van der Waals surface area contributed by atoms with Gasteiger partial charge in [0.05, 0.1) is 22.4 Å². The van der Waals surface area contributed by atoms with Crippen LogP contribution in [0.4, 0.5) is 15.8 Å². The van der Waals surface area contributed by atoms with E-state index in [0.717, 1.165) is 37.2 Å². The molecule has 0 spiro atoms. The highest BCUT2D eigenvalue weighted by Crippen LogP contribution is 2.43. The second-order valence-electron chi connectivity index (χ2n) is 8.62. The summed E-state index contributed by atoms with van der Waals surface area (Å²) in [6.45, 7) is 7.33. The summed E-state index contributed by atoms with van der Waals surface area (Å²) in [4.78, 5) is 14.2. The molecule has 8 nitrogen and oxygen atoms in total. The third-order valence-corrected chi connectivity index (χ3v) is 8.04. The van der Waals surface area contributed by atoms with Gasteiger partial charge >= 0.3 is 5.97 Å². The lowest BCUT2D eigenvalue weighted by Gasteiger charge is -2.30. The topological polar surface area (TPSA) is 108 Å². The van der Waals surface area contributed by atoms with Gasteiger partial charge in [-0.3, -0.25) is 4.72 Å². The molecule has 188 valence electrons. The Balaban J connectivity index is 1.68. The van der Waals surface area contributed by atoms with E-state index in [9.17, 15) is 22.7 Å². The van der Waals surface area contributed by atoms with E-state index in [2.05, 4.69) is 14.9 Å². The molecule has 2 atom stereocenters. The van der Waals surface area contributed by atoms with E-state index in [1.165, 1.54) is 12.1 Å². The molecule has 0 aliphatic carbocycles. The van der Waals surface area contributed by atoms with Crippen molar-refractivity contribution in [2.75, 3.05) is 42.8 Å². The molecule has 0 saturated carbocycles. The van der Waals surface area contributed by atoms with Crippen LogP contribution in [0.1, 0.15) is 47.7 Å². The lowest BCUT2D eigenvalue weighted by molar-refractivity contribution is 0.0697. The number of hydrogen-bond acceptors (Lipinski definition) is 6. The van der Waals surface area contributed by atoms with E-state index in [1.54, 1.807) is 18.2 Å². The summed E-state index contributed by atoms with van der Waals surface area (Å²) in [5, 5.41) is 13.1. The minimum atomic E-state index is -4.22. The van der Waals surface area contributed by atoms with E-state index < -0.39 is 21.8 Å². The van der Waals surface area contributed by atoms with E-state index >= 15 is 0 Å². The van der Waals surface area contributed by atoms with Gasteiger partial charge in [0.15, 0.2) is 0 Å². The zero-order valence-corrected chi connectivity index (χ0v) is 20.6. The molecule has 2 aliphatic rings. The van der Waals surface area contributed by atoms with Gasteiger partial charge in [0, 0.05) is 25.6 Å². The highest BCUT2D eigenvalue weighted by molar-refractivity contribution is 7.92. The molecule has 0 amide bonds. The van der Waals surface area contributed by atoms with Crippen LogP contribution in [0.15, 0.2) is 41.3 Å². The monoisotopic (exact) mass is 503 g/mol. The lowest BCUT2D eigenvalue weighted by Crippen LogP contribution is -2.31. The average molecular weight is 504 g/mol. The maximum Gasteiger partial charge on any atom is 0.339 e. The van der Waals surface area contributed by atoms with E-state index in [0.29, 0.717) is 25.4 Å². The summed E-state index contributed by atoms with van der Waals surface area (Å²) >= 11 is 0. The number of benzene rings is 2. The summed E-state index contributed by atoms with van der Waals surface area (Å²) in [6, 6.07) is 6.63. The third-order valence-electron chi connectivity index (χ3n) is 6.60. The molecule has 35 heavy (non-hydrogen) atoms. The van der Waals surface area contributed by atoms with Gasteiger partial charge in [-0.25, -0.2) is 17.6 Å². The molecule has 3 N–H and O–H groups in total. The van der Waals surface area contributed by atoms with Crippen molar-refractivity contribution in [2.24, 2.45) is 0 Å². The van der Waals surface area contributed by atoms with Crippen LogP contribution in [0.2, 0.25) is 0 Å². The zero-order valence-electron chi connectivity index (χ0n) is 19.8. The number of carboxylic acids is 1.